The van der Waals surface area contributed by atoms with Crippen molar-refractivity contribution in [2.75, 3.05) is 18.0 Å². The lowest BCUT2D eigenvalue weighted by molar-refractivity contribution is -0.00546. The molecule has 3 aromatic rings. The Morgan fingerprint density at radius 3 is 2.61 bits per heavy atom. The van der Waals surface area contributed by atoms with E-state index in [2.05, 4.69) is 53.0 Å². The molecule has 1 fully saturated rings. The van der Waals surface area contributed by atoms with Crippen LogP contribution in [0.2, 0.25) is 0 Å². The maximum absolute atomic E-state index is 12.8. The molecule has 0 aliphatic carbocycles. The average molecular weight is 423 g/mol. The van der Waals surface area contributed by atoms with E-state index < -0.39 is 0 Å². The molecule has 8 nitrogen and oxygen atoms in total. The number of pyridine rings is 2. The number of nitrogens with one attached hydrogen (secondary N) is 1. The summed E-state index contributed by atoms with van der Waals surface area (Å²) in [6, 6.07) is 6.09. The first-order chi connectivity index (χ1) is 14.8. The van der Waals surface area contributed by atoms with Crippen LogP contribution in [0.4, 0.5) is 5.82 Å². The van der Waals surface area contributed by atoms with Crippen molar-refractivity contribution >= 4 is 22.8 Å². The fourth-order valence-corrected chi connectivity index (χ4v) is 4.02. The molecule has 8 heteroatoms. The normalized spacial score (nSPS) is 19.2. The number of amides is 1. The maximum Gasteiger partial charge on any atom is 0.253 e. The van der Waals surface area contributed by atoms with Crippen molar-refractivity contribution in [2.45, 2.75) is 59.4 Å². The number of aryl methyl sites for hydroxylation is 1. The van der Waals surface area contributed by atoms with Crippen LogP contribution in [0.15, 0.2) is 30.6 Å². The van der Waals surface area contributed by atoms with E-state index in [-0.39, 0.29) is 24.2 Å². The molecule has 2 unspecified atom stereocenters. The zero-order valence-electron chi connectivity index (χ0n) is 18.8. The van der Waals surface area contributed by atoms with Crippen molar-refractivity contribution in [1.29, 1.82) is 0 Å². The Morgan fingerprint density at radius 2 is 1.97 bits per heavy atom. The number of anilines is 1. The zero-order chi connectivity index (χ0) is 22.1. The third kappa shape index (κ3) is 4.54. The van der Waals surface area contributed by atoms with Gasteiger partial charge in [-0.1, -0.05) is 6.07 Å². The molecule has 0 aromatic carbocycles. The Bertz CT molecular complexity index is 1070. The lowest BCUT2D eigenvalue weighted by atomic mass is 10.1. The van der Waals surface area contributed by atoms with E-state index in [1.54, 1.807) is 6.20 Å². The van der Waals surface area contributed by atoms with Gasteiger partial charge < -0.3 is 15.0 Å². The van der Waals surface area contributed by atoms with Crippen molar-refractivity contribution in [2.24, 2.45) is 0 Å². The van der Waals surface area contributed by atoms with E-state index >= 15 is 0 Å². The summed E-state index contributed by atoms with van der Waals surface area (Å²) in [5.41, 5.74) is 3.01. The number of morpholine rings is 1. The summed E-state index contributed by atoms with van der Waals surface area (Å²) in [5.74, 6) is 0.786. The third-order valence-corrected chi connectivity index (χ3v) is 5.50. The molecular weight excluding hydrogens is 392 g/mol. The number of aromatic nitrogens is 4. The number of fused-ring (bicyclic) bond motifs is 1. The number of rotatable bonds is 5. The second-order valence-electron chi connectivity index (χ2n) is 8.59. The van der Waals surface area contributed by atoms with Crippen LogP contribution in [-0.2, 0) is 11.3 Å². The highest BCUT2D eigenvalue weighted by Gasteiger charge is 2.23. The van der Waals surface area contributed by atoms with Gasteiger partial charge >= 0.3 is 0 Å². The van der Waals surface area contributed by atoms with Crippen molar-refractivity contribution < 1.29 is 9.53 Å². The number of hydrogen-bond acceptors (Lipinski definition) is 6. The van der Waals surface area contributed by atoms with Crippen molar-refractivity contribution in [3.63, 3.8) is 0 Å². The molecule has 3 aromatic heterocycles. The Morgan fingerprint density at radius 1 is 1.23 bits per heavy atom. The van der Waals surface area contributed by atoms with E-state index in [0.29, 0.717) is 17.8 Å². The summed E-state index contributed by atoms with van der Waals surface area (Å²) in [6.07, 6.45) is 3.95. The molecule has 1 aliphatic rings. The first-order valence-electron chi connectivity index (χ1n) is 10.8. The maximum atomic E-state index is 12.8. The average Bonchev–Trinajstić information content (AvgIpc) is 3.14. The minimum atomic E-state index is -0.149. The van der Waals surface area contributed by atoms with Gasteiger partial charge in [0.1, 0.15) is 5.82 Å². The standard InChI is InChI=1S/C23H30N6O2/c1-14(2)29-22-19(11-26-29)8-20(17(5)27-22)23(30)25-10-18-6-7-21(24-9-18)28-12-15(3)31-16(4)13-28/h6-9,11,14-16H,10,12-13H2,1-5H3,(H,25,30). The minimum absolute atomic E-state index is 0.149. The summed E-state index contributed by atoms with van der Waals surface area (Å²) in [6.45, 7) is 12.2. The molecule has 4 heterocycles. The Kier molecular flexibility index (Phi) is 5.91. The predicted molar refractivity (Wildman–Crippen MR) is 120 cm³/mol. The molecular formula is C23H30N6O2. The number of ether oxygens (including phenoxy) is 1. The fraction of sp³-hybridized carbons (Fsp3) is 0.478. The third-order valence-electron chi connectivity index (χ3n) is 5.50. The van der Waals surface area contributed by atoms with Gasteiger partial charge in [0.15, 0.2) is 5.65 Å². The molecule has 4 rings (SSSR count). The van der Waals surface area contributed by atoms with Gasteiger partial charge in [-0.15, -0.1) is 0 Å². The van der Waals surface area contributed by atoms with Crippen LogP contribution in [0.25, 0.3) is 11.0 Å². The largest absolute Gasteiger partial charge is 0.372 e. The number of hydrogen-bond donors (Lipinski definition) is 1. The molecule has 0 radical (unpaired) electrons. The van der Waals surface area contributed by atoms with Crippen LogP contribution in [-0.4, -0.2) is 51.0 Å². The molecule has 164 valence electrons. The Labute approximate surface area is 182 Å². The highest BCUT2D eigenvalue weighted by molar-refractivity contribution is 5.98. The quantitative estimate of drug-likeness (QED) is 0.679. The molecule has 0 bridgehead atoms. The topological polar surface area (TPSA) is 85.2 Å². The summed E-state index contributed by atoms with van der Waals surface area (Å²) in [4.78, 5) is 24.2. The summed E-state index contributed by atoms with van der Waals surface area (Å²) >= 11 is 0. The van der Waals surface area contributed by atoms with Crippen molar-refractivity contribution in [3.8, 4) is 0 Å². The van der Waals surface area contributed by atoms with Gasteiger partial charge in [0.25, 0.3) is 5.91 Å². The number of carbonyl (C=O) groups is 1. The number of nitrogens with zero attached hydrogens (tertiary/aromatic N) is 5. The second-order valence-corrected chi connectivity index (χ2v) is 8.59. The van der Waals surface area contributed by atoms with Crippen LogP contribution < -0.4 is 10.2 Å². The van der Waals surface area contributed by atoms with Crippen LogP contribution in [0.1, 0.15) is 55.4 Å². The Hall–Kier alpha value is -3.00. The van der Waals surface area contributed by atoms with Crippen LogP contribution in [0.3, 0.4) is 0 Å². The van der Waals surface area contributed by atoms with Crippen LogP contribution in [0.5, 0.6) is 0 Å². The van der Waals surface area contributed by atoms with E-state index in [0.717, 1.165) is 35.5 Å². The van der Waals surface area contributed by atoms with E-state index in [9.17, 15) is 4.79 Å². The molecule has 1 N–H and O–H groups in total. The minimum Gasteiger partial charge on any atom is -0.372 e. The van der Waals surface area contributed by atoms with Gasteiger partial charge in [0.05, 0.1) is 29.7 Å². The highest BCUT2D eigenvalue weighted by atomic mass is 16.5. The summed E-state index contributed by atoms with van der Waals surface area (Å²) in [7, 11) is 0. The van der Waals surface area contributed by atoms with Gasteiger partial charge in [-0.25, -0.2) is 14.6 Å². The predicted octanol–water partition coefficient (Wildman–Crippen LogP) is 3.26. The molecule has 2 atom stereocenters. The molecule has 0 spiro atoms. The van der Waals surface area contributed by atoms with Crippen molar-refractivity contribution in [1.82, 2.24) is 25.1 Å². The Balaban J connectivity index is 1.42. The smallest absolute Gasteiger partial charge is 0.253 e. The van der Waals surface area contributed by atoms with Crippen LogP contribution in [0, 0.1) is 6.92 Å². The molecule has 31 heavy (non-hydrogen) atoms. The van der Waals surface area contributed by atoms with Gasteiger partial charge in [-0.3, -0.25) is 4.79 Å². The monoisotopic (exact) mass is 422 g/mol. The lowest BCUT2D eigenvalue weighted by Crippen LogP contribution is -2.45. The fourth-order valence-electron chi connectivity index (χ4n) is 4.02. The highest BCUT2D eigenvalue weighted by Crippen LogP contribution is 2.20. The van der Waals surface area contributed by atoms with E-state index in [1.165, 1.54) is 0 Å². The van der Waals surface area contributed by atoms with Crippen molar-refractivity contribution in [3.05, 3.63) is 47.4 Å². The zero-order valence-corrected chi connectivity index (χ0v) is 18.8. The first kappa shape index (κ1) is 21.2. The second kappa shape index (κ2) is 8.63. The van der Waals surface area contributed by atoms with Crippen LogP contribution >= 0.6 is 0 Å². The SMILES string of the molecule is Cc1nc2c(cnn2C(C)C)cc1C(=O)NCc1ccc(N2CC(C)OC(C)C2)nc1. The summed E-state index contributed by atoms with van der Waals surface area (Å²) in [5, 5.41) is 8.24. The first-order valence-corrected chi connectivity index (χ1v) is 10.8. The lowest BCUT2D eigenvalue weighted by Gasteiger charge is -2.36. The van der Waals surface area contributed by atoms with Gasteiger partial charge in [-0.05, 0) is 52.3 Å². The molecule has 1 aliphatic heterocycles. The molecule has 0 saturated carbocycles. The van der Waals surface area contributed by atoms with E-state index in [1.807, 2.05) is 36.0 Å². The molecule has 1 saturated heterocycles. The van der Waals surface area contributed by atoms with Gasteiger partial charge in [0, 0.05) is 37.3 Å². The number of carbonyl (C=O) groups excluding carboxylic acids is 1. The molecule has 1 amide bonds. The summed E-state index contributed by atoms with van der Waals surface area (Å²) < 4.78 is 7.66. The van der Waals surface area contributed by atoms with Gasteiger partial charge in [-0.2, -0.15) is 5.10 Å². The van der Waals surface area contributed by atoms with Gasteiger partial charge in [0.2, 0.25) is 0 Å². The van der Waals surface area contributed by atoms with E-state index in [4.69, 9.17) is 4.74 Å².